The summed E-state index contributed by atoms with van der Waals surface area (Å²) >= 11 is 0. The van der Waals surface area contributed by atoms with Gasteiger partial charge < -0.3 is 0 Å². The van der Waals surface area contributed by atoms with E-state index < -0.39 is 0 Å². The van der Waals surface area contributed by atoms with Crippen LogP contribution in [0.3, 0.4) is 0 Å². The molecule has 0 amide bonds. The van der Waals surface area contributed by atoms with Gasteiger partial charge in [0.2, 0.25) is 0 Å². The van der Waals surface area contributed by atoms with Gasteiger partial charge in [0.25, 0.3) is 0 Å². The molecule has 1 fully saturated rings. The molecule has 0 N–H and O–H groups in total. The van der Waals surface area contributed by atoms with Gasteiger partial charge in [-0.15, -0.1) is 13.2 Å². The summed E-state index contributed by atoms with van der Waals surface area (Å²) in [6, 6.07) is 0. The normalized spacial score (nSPS) is 22.2. The molecule has 1 aliphatic heterocycles. The van der Waals surface area contributed by atoms with Gasteiger partial charge in [-0.05, 0) is 44.7 Å². The van der Waals surface area contributed by atoms with Crippen LogP contribution in [0.1, 0.15) is 32.6 Å². The summed E-state index contributed by atoms with van der Waals surface area (Å²) in [5.74, 6) is 0.950. The van der Waals surface area contributed by atoms with Gasteiger partial charge in [-0.25, -0.2) is 0 Å². The molecule has 0 saturated carbocycles. The number of hydrogen-bond donors (Lipinski definition) is 0. The molecule has 2 aliphatic rings. The van der Waals surface area contributed by atoms with E-state index in [-0.39, 0.29) is 0 Å². The highest BCUT2D eigenvalue weighted by atomic mass is 15.1. The van der Waals surface area contributed by atoms with Crippen LogP contribution in [0.15, 0.2) is 37.0 Å². The van der Waals surface area contributed by atoms with E-state index in [1.165, 1.54) is 45.3 Å². The second kappa shape index (κ2) is 7.45. The lowest BCUT2D eigenvalue weighted by molar-refractivity contribution is 0.205. The van der Waals surface area contributed by atoms with Gasteiger partial charge in [0, 0.05) is 6.54 Å². The Bertz CT molecular complexity index is 244. The smallest absolute Gasteiger partial charge is 0.0196 e. The topological polar surface area (TPSA) is 3.24 Å². The number of piperidine rings is 1. The van der Waals surface area contributed by atoms with Crippen LogP contribution in [0.5, 0.6) is 0 Å². The monoisotopic (exact) mass is 219 g/mol. The van der Waals surface area contributed by atoms with Crippen LogP contribution in [0.4, 0.5) is 0 Å². The van der Waals surface area contributed by atoms with Gasteiger partial charge in [-0.2, -0.15) is 0 Å². The third kappa shape index (κ3) is 4.36. The molecule has 0 unspecified atom stereocenters. The van der Waals surface area contributed by atoms with E-state index in [4.69, 9.17) is 0 Å². The summed E-state index contributed by atoms with van der Waals surface area (Å²) in [7, 11) is 0. The Hall–Kier alpha value is -0.820. The average Bonchev–Trinajstić information content (AvgIpc) is 2.36. The highest BCUT2D eigenvalue weighted by Gasteiger charge is 2.16. The van der Waals surface area contributed by atoms with Crippen LogP contribution >= 0.6 is 0 Å². The number of allylic oxidation sites excluding steroid dienone is 3. The first kappa shape index (κ1) is 13.2. The molecule has 1 aliphatic carbocycles. The molecule has 0 bridgehead atoms. The van der Waals surface area contributed by atoms with Crippen LogP contribution in [-0.4, -0.2) is 24.5 Å². The van der Waals surface area contributed by atoms with E-state index in [0.717, 1.165) is 5.92 Å². The molecular formula is C15H25N. The SMILES string of the molecule is C=C.CC1CCN(CC2=CC=CCC2)CC1. The van der Waals surface area contributed by atoms with E-state index in [2.05, 4.69) is 43.2 Å². The highest BCUT2D eigenvalue weighted by Crippen LogP contribution is 2.19. The first-order valence-corrected chi connectivity index (χ1v) is 6.41. The van der Waals surface area contributed by atoms with Crippen molar-refractivity contribution in [1.82, 2.24) is 4.90 Å². The van der Waals surface area contributed by atoms with Gasteiger partial charge in [-0.3, -0.25) is 4.90 Å². The quantitative estimate of drug-likeness (QED) is 0.639. The molecule has 0 radical (unpaired) electrons. The second-order valence-electron chi connectivity index (χ2n) is 4.75. The minimum absolute atomic E-state index is 0.950. The van der Waals surface area contributed by atoms with Crippen molar-refractivity contribution in [3.8, 4) is 0 Å². The fraction of sp³-hybridized carbons (Fsp3) is 0.600. The van der Waals surface area contributed by atoms with E-state index in [0.29, 0.717) is 0 Å². The molecular weight excluding hydrogens is 194 g/mol. The fourth-order valence-electron chi connectivity index (χ4n) is 2.29. The van der Waals surface area contributed by atoms with Crippen molar-refractivity contribution in [3.05, 3.63) is 37.0 Å². The van der Waals surface area contributed by atoms with Crippen molar-refractivity contribution < 1.29 is 0 Å². The Morgan fingerprint density at radius 3 is 2.56 bits per heavy atom. The van der Waals surface area contributed by atoms with Crippen LogP contribution in [0, 0.1) is 5.92 Å². The van der Waals surface area contributed by atoms with Crippen LogP contribution in [-0.2, 0) is 0 Å². The number of nitrogens with zero attached hydrogens (tertiary/aromatic N) is 1. The second-order valence-corrected chi connectivity index (χ2v) is 4.75. The molecule has 2 rings (SSSR count). The Labute approximate surface area is 101 Å². The maximum Gasteiger partial charge on any atom is 0.0196 e. The molecule has 1 nitrogen and oxygen atoms in total. The third-order valence-corrected chi connectivity index (χ3v) is 3.40. The number of hydrogen-bond acceptors (Lipinski definition) is 1. The summed E-state index contributed by atoms with van der Waals surface area (Å²) in [5.41, 5.74) is 1.63. The van der Waals surface area contributed by atoms with Crippen molar-refractivity contribution >= 4 is 0 Å². The Balaban J connectivity index is 0.000000606. The molecule has 16 heavy (non-hydrogen) atoms. The zero-order chi connectivity index (χ0) is 11.8. The number of rotatable bonds is 2. The van der Waals surface area contributed by atoms with Crippen molar-refractivity contribution in [2.75, 3.05) is 19.6 Å². The van der Waals surface area contributed by atoms with E-state index in [1.807, 2.05) is 0 Å². The van der Waals surface area contributed by atoms with Crippen LogP contribution < -0.4 is 0 Å². The average molecular weight is 219 g/mol. The predicted octanol–water partition coefficient (Wildman–Crippen LogP) is 3.80. The van der Waals surface area contributed by atoms with Crippen LogP contribution in [0.2, 0.25) is 0 Å². The van der Waals surface area contributed by atoms with Gasteiger partial charge in [0.05, 0.1) is 0 Å². The molecule has 0 aromatic heterocycles. The molecule has 1 heteroatoms. The summed E-state index contributed by atoms with van der Waals surface area (Å²) in [4.78, 5) is 2.62. The highest BCUT2D eigenvalue weighted by molar-refractivity contribution is 5.18. The lowest BCUT2D eigenvalue weighted by Gasteiger charge is -2.31. The minimum atomic E-state index is 0.950. The molecule has 0 aromatic carbocycles. The summed E-state index contributed by atoms with van der Waals surface area (Å²) in [6.07, 6.45) is 12.1. The summed E-state index contributed by atoms with van der Waals surface area (Å²) in [6.45, 7) is 12.2. The van der Waals surface area contributed by atoms with Crippen molar-refractivity contribution in [2.45, 2.75) is 32.6 Å². The van der Waals surface area contributed by atoms with Crippen molar-refractivity contribution in [1.29, 1.82) is 0 Å². The third-order valence-electron chi connectivity index (χ3n) is 3.40. The van der Waals surface area contributed by atoms with Crippen molar-refractivity contribution in [3.63, 3.8) is 0 Å². The van der Waals surface area contributed by atoms with Gasteiger partial charge in [-0.1, -0.05) is 30.7 Å². The molecule has 90 valence electrons. The van der Waals surface area contributed by atoms with E-state index in [9.17, 15) is 0 Å². The lowest BCUT2D eigenvalue weighted by atomic mass is 9.97. The molecule has 1 heterocycles. The maximum atomic E-state index is 3.00. The van der Waals surface area contributed by atoms with Gasteiger partial charge >= 0.3 is 0 Å². The Morgan fingerprint density at radius 1 is 1.31 bits per heavy atom. The molecule has 0 aromatic rings. The van der Waals surface area contributed by atoms with Gasteiger partial charge in [0.15, 0.2) is 0 Å². The minimum Gasteiger partial charge on any atom is -0.299 e. The predicted molar refractivity (Wildman–Crippen MR) is 72.5 cm³/mol. The molecule has 0 spiro atoms. The Morgan fingerprint density at radius 2 is 2.00 bits per heavy atom. The number of likely N-dealkylation sites (tertiary alicyclic amines) is 1. The zero-order valence-electron chi connectivity index (χ0n) is 10.6. The van der Waals surface area contributed by atoms with Gasteiger partial charge in [0.1, 0.15) is 0 Å². The summed E-state index contributed by atoms with van der Waals surface area (Å²) < 4.78 is 0. The standard InChI is InChI=1S/C13H21N.C2H4/c1-12-7-9-14(10-8-12)11-13-5-3-2-4-6-13;1-2/h2-3,5,12H,4,6-11H2,1H3;1-2H2. The Kier molecular flexibility index (Phi) is 6.17. The first-order valence-electron chi connectivity index (χ1n) is 6.41. The van der Waals surface area contributed by atoms with Crippen LogP contribution in [0.25, 0.3) is 0 Å². The summed E-state index contributed by atoms with van der Waals surface area (Å²) in [5, 5.41) is 0. The fourth-order valence-corrected chi connectivity index (χ4v) is 2.29. The molecule has 0 atom stereocenters. The largest absolute Gasteiger partial charge is 0.299 e. The zero-order valence-corrected chi connectivity index (χ0v) is 10.6. The first-order chi connectivity index (χ1) is 7.84. The van der Waals surface area contributed by atoms with E-state index >= 15 is 0 Å². The van der Waals surface area contributed by atoms with Crippen molar-refractivity contribution in [2.24, 2.45) is 5.92 Å². The van der Waals surface area contributed by atoms with E-state index in [1.54, 1.807) is 5.57 Å². The molecule has 1 saturated heterocycles. The lowest BCUT2D eigenvalue weighted by Crippen LogP contribution is -2.34. The maximum absolute atomic E-state index is 3.00.